The zero-order valence-corrected chi connectivity index (χ0v) is 10.0. The molecule has 14 heavy (non-hydrogen) atoms. The van der Waals surface area contributed by atoms with Gasteiger partial charge in [0.15, 0.2) is 0 Å². The molecule has 0 aromatic heterocycles. The number of fused-ring (bicyclic) bond motifs is 1. The van der Waals surface area contributed by atoms with Crippen LogP contribution in [0.1, 0.15) is 47.0 Å². The van der Waals surface area contributed by atoms with Crippen molar-refractivity contribution >= 4 is 0 Å². The van der Waals surface area contributed by atoms with Gasteiger partial charge in [0, 0.05) is 6.61 Å². The first-order valence-electron chi connectivity index (χ1n) is 6.14. The summed E-state index contributed by atoms with van der Waals surface area (Å²) in [5.41, 5.74) is 0.533. The van der Waals surface area contributed by atoms with Crippen LogP contribution in [-0.4, -0.2) is 12.7 Å². The second-order valence-corrected chi connectivity index (χ2v) is 6.06. The van der Waals surface area contributed by atoms with Gasteiger partial charge in [-0.25, -0.2) is 0 Å². The van der Waals surface area contributed by atoms with E-state index in [1.54, 1.807) is 0 Å². The maximum atomic E-state index is 5.91. The highest BCUT2D eigenvalue weighted by molar-refractivity contribution is 4.94. The van der Waals surface area contributed by atoms with Crippen molar-refractivity contribution in [3.05, 3.63) is 0 Å². The summed E-state index contributed by atoms with van der Waals surface area (Å²) < 4.78 is 5.91. The van der Waals surface area contributed by atoms with Gasteiger partial charge in [0.2, 0.25) is 0 Å². The Morgan fingerprint density at radius 1 is 1.36 bits per heavy atom. The van der Waals surface area contributed by atoms with Crippen LogP contribution >= 0.6 is 0 Å². The van der Waals surface area contributed by atoms with Crippen molar-refractivity contribution in [1.29, 1.82) is 0 Å². The number of hydrogen-bond donors (Lipinski definition) is 0. The zero-order chi connectivity index (χ0) is 10.3. The fourth-order valence-corrected chi connectivity index (χ4v) is 3.15. The van der Waals surface area contributed by atoms with Crippen molar-refractivity contribution in [3.8, 4) is 0 Å². The van der Waals surface area contributed by atoms with Crippen LogP contribution in [0.25, 0.3) is 0 Å². The van der Waals surface area contributed by atoms with Gasteiger partial charge in [-0.3, -0.25) is 0 Å². The third kappa shape index (κ3) is 1.60. The molecule has 0 aromatic carbocycles. The maximum Gasteiger partial charge on any atom is 0.0612 e. The summed E-state index contributed by atoms with van der Waals surface area (Å²) in [5, 5.41) is 0. The van der Waals surface area contributed by atoms with Crippen LogP contribution in [0, 0.1) is 23.2 Å². The van der Waals surface area contributed by atoms with Crippen molar-refractivity contribution < 1.29 is 4.74 Å². The van der Waals surface area contributed by atoms with Gasteiger partial charge < -0.3 is 4.74 Å². The molecule has 4 unspecified atom stereocenters. The Balaban J connectivity index is 2.05. The van der Waals surface area contributed by atoms with Gasteiger partial charge in [0.1, 0.15) is 0 Å². The van der Waals surface area contributed by atoms with Gasteiger partial charge in [-0.15, -0.1) is 0 Å². The lowest BCUT2D eigenvalue weighted by atomic mass is 9.63. The Labute approximate surface area is 88.2 Å². The van der Waals surface area contributed by atoms with Gasteiger partial charge >= 0.3 is 0 Å². The average Bonchev–Trinajstić information content (AvgIpc) is 2.47. The maximum absolute atomic E-state index is 5.91. The highest BCUT2D eigenvalue weighted by Gasteiger charge is 2.44. The minimum absolute atomic E-state index is 0.533. The minimum Gasteiger partial charge on any atom is -0.378 e. The molecule has 0 aromatic rings. The predicted octanol–water partition coefficient (Wildman–Crippen LogP) is 3.48. The molecule has 2 rings (SSSR count). The molecular weight excluding hydrogens is 172 g/mol. The third-order valence-electron chi connectivity index (χ3n) is 4.89. The minimum atomic E-state index is 0.533. The average molecular weight is 196 g/mol. The lowest BCUT2D eigenvalue weighted by molar-refractivity contribution is -0.00570. The first-order valence-corrected chi connectivity index (χ1v) is 6.14. The van der Waals surface area contributed by atoms with Gasteiger partial charge in [0.25, 0.3) is 0 Å². The molecule has 1 saturated carbocycles. The fourth-order valence-electron chi connectivity index (χ4n) is 3.15. The predicted molar refractivity (Wildman–Crippen MR) is 59.2 cm³/mol. The van der Waals surface area contributed by atoms with Crippen molar-refractivity contribution in [3.63, 3.8) is 0 Å². The number of rotatable bonds is 1. The van der Waals surface area contributed by atoms with Crippen molar-refractivity contribution in [2.45, 2.75) is 53.1 Å². The van der Waals surface area contributed by atoms with Crippen LogP contribution in [0.4, 0.5) is 0 Å². The van der Waals surface area contributed by atoms with E-state index in [9.17, 15) is 0 Å². The first kappa shape index (κ1) is 10.5. The summed E-state index contributed by atoms with van der Waals surface area (Å²) in [6, 6.07) is 0. The van der Waals surface area contributed by atoms with E-state index in [4.69, 9.17) is 4.74 Å². The molecule has 1 aliphatic heterocycles. The van der Waals surface area contributed by atoms with Gasteiger partial charge in [-0.05, 0) is 42.4 Å². The number of hydrogen-bond acceptors (Lipinski definition) is 1. The third-order valence-corrected chi connectivity index (χ3v) is 4.89. The molecule has 0 N–H and O–H groups in total. The summed E-state index contributed by atoms with van der Waals surface area (Å²) in [6.45, 7) is 10.5. The summed E-state index contributed by atoms with van der Waals surface area (Å²) in [7, 11) is 0. The van der Waals surface area contributed by atoms with E-state index >= 15 is 0 Å². The number of ether oxygens (including phenoxy) is 1. The smallest absolute Gasteiger partial charge is 0.0612 e. The molecule has 1 nitrogen and oxygen atoms in total. The van der Waals surface area contributed by atoms with Gasteiger partial charge in [-0.1, -0.05) is 27.7 Å². The second kappa shape index (κ2) is 3.52. The normalized spacial score (nSPS) is 48.2. The highest BCUT2D eigenvalue weighted by atomic mass is 16.5. The SMILES string of the molecule is CC1COC2CC(C)(C(C)C)CCC12. The van der Waals surface area contributed by atoms with Crippen LogP contribution in [0.3, 0.4) is 0 Å². The molecule has 0 amide bonds. The van der Waals surface area contributed by atoms with Crippen molar-refractivity contribution in [2.75, 3.05) is 6.61 Å². The molecular formula is C13H24O. The molecule has 1 aliphatic carbocycles. The van der Waals surface area contributed by atoms with Gasteiger partial charge in [-0.2, -0.15) is 0 Å². The molecule has 4 atom stereocenters. The Bertz CT molecular complexity index is 211. The van der Waals surface area contributed by atoms with Crippen LogP contribution in [0.15, 0.2) is 0 Å². The molecule has 2 fully saturated rings. The lowest BCUT2D eigenvalue weighted by Gasteiger charge is -2.43. The topological polar surface area (TPSA) is 9.23 Å². The van der Waals surface area contributed by atoms with E-state index in [1.165, 1.54) is 19.3 Å². The molecule has 1 heterocycles. The molecule has 0 radical (unpaired) electrons. The van der Waals surface area contributed by atoms with Crippen LogP contribution in [0.5, 0.6) is 0 Å². The van der Waals surface area contributed by atoms with E-state index in [1.807, 2.05) is 0 Å². The summed E-state index contributed by atoms with van der Waals surface area (Å²) >= 11 is 0. The summed E-state index contributed by atoms with van der Waals surface area (Å²) in [4.78, 5) is 0. The molecule has 1 heteroatoms. The standard InChI is InChI=1S/C13H24O/c1-9(2)13(4)6-5-11-10(3)8-14-12(11)7-13/h9-12H,5-8H2,1-4H3. The van der Waals surface area contributed by atoms with E-state index in [0.29, 0.717) is 11.5 Å². The van der Waals surface area contributed by atoms with Crippen LogP contribution < -0.4 is 0 Å². The van der Waals surface area contributed by atoms with E-state index in [2.05, 4.69) is 27.7 Å². The second-order valence-electron chi connectivity index (χ2n) is 6.06. The van der Waals surface area contributed by atoms with Crippen molar-refractivity contribution in [2.24, 2.45) is 23.2 Å². The van der Waals surface area contributed by atoms with Crippen molar-refractivity contribution in [1.82, 2.24) is 0 Å². The van der Waals surface area contributed by atoms with E-state index < -0.39 is 0 Å². The molecule has 0 bridgehead atoms. The molecule has 0 spiro atoms. The quantitative estimate of drug-likeness (QED) is 0.624. The fraction of sp³-hybridized carbons (Fsp3) is 1.00. The summed E-state index contributed by atoms with van der Waals surface area (Å²) in [6.07, 6.45) is 4.66. The largest absolute Gasteiger partial charge is 0.378 e. The van der Waals surface area contributed by atoms with Gasteiger partial charge in [0.05, 0.1) is 6.10 Å². The Morgan fingerprint density at radius 2 is 2.07 bits per heavy atom. The lowest BCUT2D eigenvalue weighted by Crippen LogP contribution is -2.37. The monoisotopic (exact) mass is 196 g/mol. The van der Waals surface area contributed by atoms with Crippen LogP contribution in [-0.2, 0) is 4.74 Å². The zero-order valence-electron chi connectivity index (χ0n) is 10.0. The van der Waals surface area contributed by atoms with E-state index in [0.717, 1.165) is 24.4 Å². The Morgan fingerprint density at radius 3 is 2.71 bits per heavy atom. The summed E-state index contributed by atoms with van der Waals surface area (Å²) in [5.74, 6) is 2.46. The highest BCUT2D eigenvalue weighted by Crippen LogP contribution is 2.49. The van der Waals surface area contributed by atoms with E-state index in [-0.39, 0.29) is 0 Å². The van der Waals surface area contributed by atoms with Crippen LogP contribution in [0.2, 0.25) is 0 Å². The Hall–Kier alpha value is -0.0400. The molecule has 82 valence electrons. The molecule has 1 saturated heterocycles. The Kier molecular flexibility index (Phi) is 2.63. The molecule has 2 aliphatic rings. The first-order chi connectivity index (χ1) is 6.53.